The van der Waals surface area contributed by atoms with Crippen LogP contribution in [0.15, 0.2) is 42.6 Å². The van der Waals surface area contributed by atoms with E-state index in [0.717, 1.165) is 36.5 Å². The molecular formula is C21H25F3N4O. The van der Waals surface area contributed by atoms with Crippen molar-refractivity contribution in [2.24, 2.45) is 0 Å². The molecule has 0 aliphatic carbocycles. The third-order valence-corrected chi connectivity index (χ3v) is 5.18. The van der Waals surface area contributed by atoms with Crippen LogP contribution in [0, 0.1) is 6.92 Å². The summed E-state index contributed by atoms with van der Waals surface area (Å²) in [7, 11) is 0. The van der Waals surface area contributed by atoms with Crippen LogP contribution in [0.3, 0.4) is 0 Å². The van der Waals surface area contributed by atoms with Gasteiger partial charge in [-0.3, -0.25) is 9.69 Å². The average molecular weight is 406 g/mol. The molecule has 1 aliphatic heterocycles. The zero-order valence-electron chi connectivity index (χ0n) is 16.5. The van der Waals surface area contributed by atoms with Crippen molar-refractivity contribution >= 4 is 17.4 Å². The average Bonchev–Trinajstić information content (AvgIpc) is 2.95. The van der Waals surface area contributed by atoms with Gasteiger partial charge in [0.25, 0.3) is 0 Å². The molecule has 5 nitrogen and oxygen atoms in total. The van der Waals surface area contributed by atoms with Crippen LogP contribution in [-0.2, 0) is 11.0 Å². The molecule has 1 saturated heterocycles. The van der Waals surface area contributed by atoms with Gasteiger partial charge in [0.2, 0.25) is 5.91 Å². The van der Waals surface area contributed by atoms with E-state index < -0.39 is 11.7 Å². The lowest BCUT2D eigenvalue weighted by Crippen LogP contribution is -2.44. The van der Waals surface area contributed by atoms with E-state index in [1.165, 1.54) is 6.07 Å². The van der Waals surface area contributed by atoms with Gasteiger partial charge in [0.05, 0.1) is 11.6 Å². The summed E-state index contributed by atoms with van der Waals surface area (Å²) in [6, 6.07) is 9.80. The van der Waals surface area contributed by atoms with Crippen molar-refractivity contribution in [3.8, 4) is 0 Å². The number of carbonyl (C=O) groups excluding carboxylic acids is 1. The highest BCUT2D eigenvalue weighted by molar-refractivity contribution is 5.94. The Morgan fingerprint density at radius 1 is 1.07 bits per heavy atom. The Morgan fingerprint density at radius 2 is 1.79 bits per heavy atom. The Hall–Kier alpha value is -2.61. The summed E-state index contributed by atoms with van der Waals surface area (Å²) in [4.78, 5) is 20.6. The van der Waals surface area contributed by atoms with Crippen molar-refractivity contribution in [3.63, 3.8) is 0 Å². The fourth-order valence-electron chi connectivity index (χ4n) is 3.34. The van der Waals surface area contributed by atoms with E-state index in [0.29, 0.717) is 25.5 Å². The Bertz CT molecular complexity index is 821. The van der Waals surface area contributed by atoms with Gasteiger partial charge >= 0.3 is 6.18 Å². The van der Waals surface area contributed by atoms with Gasteiger partial charge in [-0.25, -0.2) is 4.98 Å². The largest absolute Gasteiger partial charge is 0.417 e. The number of rotatable bonds is 4. The van der Waals surface area contributed by atoms with Gasteiger partial charge in [0.15, 0.2) is 0 Å². The molecule has 1 amide bonds. The number of aromatic nitrogens is 1. The van der Waals surface area contributed by atoms with E-state index in [9.17, 15) is 18.0 Å². The molecule has 3 rings (SSSR count). The minimum atomic E-state index is -4.39. The molecule has 156 valence electrons. The monoisotopic (exact) mass is 406 g/mol. The third kappa shape index (κ3) is 5.47. The number of anilines is 2. The number of hydrogen-bond donors (Lipinski definition) is 1. The second kappa shape index (κ2) is 8.82. The Balaban J connectivity index is 1.58. The normalized spacial score (nSPS) is 16.9. The number of pyridine rings is 1. The smallest absolute Gasteiger partial charge is 0.355 e. The van der Waals surface area contributed by atoms with Crippen molar-refractivity contribution in [3.05, 3.63) is 53.7 Å². The molecule has 0 saturated carbocycles. The van der Waals surface area contributed by atoms with Gasteiger partial charge in [-0.05, 0) is 44.5 Å². The molecule has 0 radical (unpaired) electrons. The van der Waals surface area contributed by atoms with Gasteiger partial charge in [-0.2, -0.15) is 13.2 Å². The second-order valence-corrected chi connectivity index (χ2v) is 7.31. The molecule has 0 unspecified atom stereocenters. The molecule has 1 fully saturated rings. The maximum absolute atomic E-state index is 12.7. The summed E-state index contributed by atoms with van der Waals surface area (Å²) in [6.07, 6.45) is -2.72. The van der Waals surface area contributed by atoms with E-state index >= 15 is 0 Å². The minimum absolute atomic E-state index is 0.0741. The molecule has 1 aromatic carbocycles. The second-order valence-electron chi connectivity index (χ2n) is 7.31. The van der Waals surface area contributed by atoms with Crippen LogP contribution < -0.4 is 10.2 Å². The van der Waals surface area contributed by atoms with Crippen LogP contribution in [0.2, 0.25) is 0 Å². The van der Waals surface area contributed by atoms with Crippen molar-refractivity contribution in [1.29, 1.82) is 0 Å². The molecule has 2 heterocycles. The first kappa shape index (κ1) is 21.1. The highest BCUT2D eigenvalue weighted by atomic mass is 19.4. The van der Waals surface area contributed by atoms with Gasteiger partial charge < -0.3 is 10.2 Å². The third-order valence-electron chi connectivity index (χ3n) is 5.18. The van der Waals surface area contributed by atoms with Crippen molar-refractivity contribution in [2.75, 3.05) is 36.4 Å². The first-order chi connectivity index (χ1) is 13.7. The van der Waals surface area contributed by atoms with E-state index in [2.05, 4.69) is 15.2 Å². The molecule has 29 heavy (non-hydrogen) atoms. The van der Waals surface area contributed by atoms with Crippen molar-refractivity contribution < 1.29 is 18.0 Å². The van der Waals surface area contributed by atoms with E-state index in [1.807, 2.05) is 43.0 Å². The number of halogens is 3. The van der Waals surface area contributed by atoms with Gasteiger partial charge in [0, 0.05) is 38.1 Å². The van der Waals surface area contributed by atoms with Crippen LogP contribution in [0.4, 0.5) is 24.7 Å². The predicted octanol–water partition coefficient (Wildman–Crippen LogP) is 3.95. The fourth-order valence-corrected chi connectivity index (χ4v) is 3.34. The number of carbonyl (C=O) groups is 1. The first-order valence-electron chi connectivity index (χ1n) is 9.64. The maximum atomic E-state index is 12.7. The quantitative estimate of drug-likeness (QED) is 0.835. The van der Waals surface area contributed by atoms with Crippen molar-refractivity contribution in [2.45, 2.75) is 32.5 Å². The summed E-state index contributed by atoms with van der Waals surface area (Å²) in [5.74, 6) is 0.451. The highest BCUT2D eigenvalue weighted by Gasteiger charge is 2.31. The molecule has 1 N–H and O–H groups in total. The molecule has 1 atom stereocenters. The van der Waals surface area contributed by atoms with Crippen LogP contribution >= 0.6 is 0 Å². The number of aryl methyl sites for hydroxylation is 1. The Labute approximate surface area is 168 Å². The lowest BCUT2D eigenvalue weighted by Gasteiger charge is -2.27. The molecule has 0 spiro atoms. The minimum Gasteiger partial charge on any atom is -0.355 e. The number of amides is 1. The van der Waals surface area contributed by atoms with E-state index in [4.69, 9.17) is 0 Å². The molecule has 8 heteroatoms. The standard InChI is InChI=1S/C21H25F3N4O/c1-15-4-7-18(8-5-15)26-20(29)16(2)27-10-3-11-28(13-12-27)19-9-6-17(14-25-19)21(22,23)24/h4-9,14,16H,3,10-13H2,1-2H3,(H,26,29)/t16-/m1/s1. The number of hydrogen-bond acceptors (Lipinski definition) is 4. The van der Waals surface area contributed by atoms with E-state index in [-0.39, 0.29) is 11.9 Å². The molecule has 0 bridgehead atoms. The lowest BCUT2D eigenvalue weighted by atomic mass is 10.2. The summed E-state index contributed by atoms with van der Waals surface area (Å²) < 4.78 is 38.2. The summed E-state index contributed by atoms with van der Waals surface area (Å²) in [5.41, 5.74) is 1.14. The van der Waals surface area contributed by atoms with Crippen LogP contribution in [-0.4, -0.2) is 48.0 Å². The number of nitrogens with one attached hydrogen (secondary N) is 1. The Morgan fingerprint density at radius 3 is 2.41 bits per heavy atom. The van der Waals surface area contributed by atoms with Crippen molar-refractivity contribution in [1.82, 2.24) is 9.88 Å². The van der Waals surface area contributed by atoms with Gasteiger partial charge in [-0.1, -0.05) is 17.7 Å². The maximum Gasteiger partial charge on any atom is 0.417 e. The predicted molar refractivity (Wildman–Crippen MR) is 107 cm³/mol. The van der Waals surface area contributed by atoms with E-state index in [1.54, 1.807) is 0 Å². The topological polar surface area (TPSA) is 48.5 Å². The number of benzene rings is 1. The zero-order valence-corrected chi connectivity index (χ0v) is 16.5. The van der Waals surface area contributed by atoms with Gasteiger partial charge in [0.1, 0.15) is 5.82 Å². The molecule has 1 aliphatic rings. The molecule has 2 aromatic rings. The zero-order chi connectivity index (χ0) is 21.0. The first-order valence-corrected chi connectivity index (χ1v) is 9.64. The van der Waals surface area contributed by atoms with Crippen LogP contribution in [0.25, 0.3) is 0 Å². The molecule has 1 aromatic heterocycles. The highest BCUT2D eigenvalue weighted by Crippen LogP contribution is 2.29. The fraction of sp³-hybridized carbons (Fsp3) is 0.429. The summed E-state index contributed by atoms with van der Waals surface area (Å²) in [6.45, 7) is 6.50. The SMILES string of the molecule is Cc1ccc(NC(=O)[C@@H](C)N2CCCN(c3ccc(C(F)(F)F)cn3)CC2)cc1. The number of alkyl halides is 3. The summed E-state index contributed by atoms with van der Waals surface area (Å²) in [5, 5.41) is 2.94. The lowest BCUT2D eigenvalue weighted by molar-refractivity contribution is -0.137. The number of nitrogens with zero attached hydrogens (tertiary/aromatic N) is 3. The van der Waals surface area contributed by atoms with Crippen LogP contribution in [0.5, 0.6) is 0 Å². The molecular weight excluding hydrogens is 381 g/mol. The van der Waals surface area contributed by atoms with Gasteiger partial charge in [-0.15, -0.1) is 0 Å². The summed E-state index contributed by atoms with van der Waals surface area (Å²) >= 11 is 0. The Kier molecular flexibility index (Phi) is 6.42. The van der Waals surface area contributed by atoms with Crippen LogP contribution in [0.1, 0.15) is 24.5 Å².